The van der Waals surface area contributed by atoms with E-state index in [1.807, 2.05) is 0 Å². The number of aromatic nitrogens is 2. The predicted octanol–water partition coefficient (Wildman–Crippen LogP) is 3.92. The average molecular weight is 367 g/mol. The van der Waals surface area contributed by atoms with Gasteiger partial charge in [-0.15, -0.1) is 0 Å². The second kappa shape index (κ2) is 3.63. The minimum Gasteiger partial charge on any atom is -0.263 e. The van der Waals surface area contributed by atoms with E-state index in [1.165, 1.54) is 0 Å². The molecule has 0 N–H and O–H groups in total. The minimum atomic E-state index is 0.901. The Hall–Kier alpha value is -0.000000000000000111. The Kier molecular flexibility index (Phi) is 2.67. The van der Waals surface area contributed by atoms with Gasteiger partial charge in [0.05, 0.1) is 14.5 Å². The smallest absolute Gasteiger partial charge is 0.0887 e. The van der Waals surface area contributed by atoms with Crippen molar-refractivity contribution in [2.75, 3.05) is 0 Å². The zero-order valence-electron chi connectivity index (χ0n) is 6.26. The van der Waals surface area contributed by atoms with E-state index < -0.39 is 0 Å². The summed E-state index contributed by atoms with van der Waals surface area (Å²) in [6, 6.07) is 0. The molecule has 0 saturated heterocycles. The van der Waals surface area contributed by atoms with Gasteiger partial charge < -0.3 is 0 Å². The van der Waals surface area contributed by atoms with Crippen molar-refractivity contribution in [2.24, 2.45) is 0 Å². The van der Waals surface area contributed by atoms with Crippen LogP contribution >= 0.6 is 47.8 Å². The van der Waals surface area contributed by atoms with E-state index in [1.54, 1.807) is 18.6 Å². The predicted molar refractivity (Wildman–Crippen MR) is 62.6 cm³/mol. The van der Waals surface area contributed by atoms with Crippen LogP contribution in [0, 0.1) is 0 Å². The Balaban J connectivity index is 2.94. The molecule has 5 heteroatoms. The number of hydrogen-bond acceptors (Lipinski definition) is 2. The summed E-state index contributed by atoms with van der Waals surface area (Å²) in [6.07, 6.45) is 5.27. The molecule has 2 nitrogen and oxygen atoms in total. The highest BCUT2D eigenvalue weighted by Gasteiger charge is 2.06. The van der Waals surface area contributed by atoms with Gasteiger partial charge in [-0.25, -0.2) is 0 Å². The SMILES string of the molecule is Brc1cnc2c(Br)cncc2c1Br. The standard InChI is InChI=1S/C8H3Br3N2/c9-5-3-13-8-4(7(5)11)1-12-2-6(8)10/h1-3H. The zero-order valence-corrected chi connectivity index (χ0v) is 11.0. The number of fused-ring (bicyclic) bond motifs is 1. The first-order chi connectivity index (χ1) is 6.20. The molecule has 0 bridgehead atoms. The normalized spacial score (nSPS) is 10.7. The van der Waals surface area contributed by atoms with Crippen LogP contribution in [0.1, 0.15) is 0 Å². The van der Waals surface area contributed by atoms with Gasteiger partial charge in [0.2, 0.25) is 0 Å². The van der Waals surface area contributed by atoms with E-state index in [2.05, 4.69) is 57.8 Å². The number of rotatable bonds is 0. The summed E-state index contributed by atoms with van der Waals surface area (Å²) in [6.45, 7) is 0. The maximum Gasteiger partial charge on any atom is 0.0887 e. The van der Waals surface area contributed by atoms with Gasteiger partial charge in [0, 0.05) is 28.4 Å². The van der Waals surface area contributed by atoms with Crippen LogP contribution in [0.2, 0.25) is 0 Å². The van der Waals surface area contributed by atoms with Crippen molar-refractivity contribution in [1.29, 1.82) is 0 Å². The maximum absolute atomic E-state index is 4.28. The molecule has 2 aromatic heterocycles. The third-order valence-electron chi connectivity index (χ3n) is 1.63. The van der Waals surface area contributed by atoms with Crippen LogP contribution < -0.4 is 0 Å². The Labute approximate surface area is 100 Å². The fourth-order valence-corrected chi connectivity index (χ4v) is 2.17. The molecule has 0 aromatic carbocycles. The molecule has 0 spiro atoms. The lowest BCUT2D eigenvalue weighted by Gasteiger charge is -2.02. The van der Waals surface area contributed by atoms with Crippen molar-refractivity contribution < 1.29 is 0 Å². The van der Waals surface area contributed by atoms with Crippen molar-refractivity contribution in [3.63, 3.8) is 0 Å². The van der Waals surface area contributed by atoms with Gasteiger partial charge in [0.1, 0.15) is 0 Å². The summed E-state index contributed by atoms with van der Waals surface area (Å²) in [5.74, 6) is 0. The molecule has 0 aliphatic heterocycles. The van der Waals surface area contributed by atoms with E-state index in [-0.39, 0.29) is 0 Å². The average Bonchev–Trinajstić information content (AvgIpc) is 2.12. The van der Waals surface area contributed by atoms with E-state index in [9.17, 15) is 0 Å². The van der Waals surface area contributed by atoms with Crippen LogP contribution in [0.4, 0.5) is 0 Å². The fourth-order valence-electron chi connectivity index (χ4n) is 1.03. The van der Waals surface area contributed by atoms with Gasteiger partial charge in [-0.05, 0) is 47.8 Å². The van der Waals surface area contributed by atoms with E-state index >= 15 is 0 Å². The van der Waals surface area contributed by atoms with Crippen LogP contribution in [-0.2, 0) is 0 Å². The van der Waals surface area contributed by atoms with Crippen molar-refractivity contribution in [3.05, 3.63) is 32.0 Å². The van der Waals surface area contributed by atoms with E-state index in [0.717, 1.165) is 24.3 Å². The summed E-state index contributed by atoms with van der Waals surface area (Å²) >= 11 is 10.3. The fraction of sp³-hybridized carbons (Fsp3) is 0. The summed E-state index contributed by atoms with van der Waals surface area (Å²) in [4.78, 5) is 8.35. The molecule has 0 unspecified atom stereocenters. The molecule has 0 atom stereocenters. The highest BCUT2D eigenvalue weighted by Crippen LogP contribution is 2.31. The number of hydrogen-bond donors (Lipinski definition) is 0. The van der Waals surface area contributed by atoms with Crippen molar-refractivity contribution in [3.8, 4) is 0 Å². The lowest BCUT2D eigenvalue weighted by atomic mass is 10.3. The maximum atomic E-state index is 4.28. The quantitative estimate of drug-likeness (QED) is 0.706. The Bertz CT molecular complexity index is 470. The van der Waals surface area contributed by atoms with Crippen LogP contribution in [0.25, 0.3) is 10.9 Å². The molecule has 66 valence electrons. The monoisotopic (exact) mass is 364 g/mol. The largest absolute Gasteiger partial charge is 0.263 e. The van der Waals surface area contributed by atoms with Crippen molar-refractivity contribution in [1.82, 2.24) is 9.97 Å². The van der Waals surface area contributed by atoms with Crippen molar-refractivity contribution >= 4 is 58.7 Å². The molecular weight excluding hydrogens is 364 g/mol. The van der Waals surface area contributed by atoms with Gasteiger partial charge in [-0.1, -0.05) is 0 Å². The van der Waals surface area contributed by atoms with Crippen LogP contribution in [0.15, 0.2) is 32.0 Å². The lowest BCUT2D eigenvalue weighted by Crippen LogP contribution is -1.84. The van der Waals surface area contributed by atoms with Gasteiger partial charge in [-0.2, -0.15) is 0 Å². The topological polar surface area (TPSA) is 25.8 Å². The minimum absolute atomic E-state index is 0.901. The Morgan fingerprint density at radius 2 is 1.69 bits per heavy atom. The summed E-state index contributed by atoms with van der Waals surface area (Å²) < 4.78 is 2.81. The van der Waals surface area contributed by atoms with Gasteiger partial charge in [-0.3, -0.25) is 9.97 Å². The van der Waals surface area contributed by atoms with Gasteiger partial charge >= 0.3 is 0 Å². The molecule has 0 aliphatic carbocycles. The summed E-state index contributed by atoms with van der Waals surface area (Å²) in [7, 11) is 0. The zero-order chi connectivity index (χ0) is 9.42. The molecule has 0 aliphatic rings. The lowest BCUT2D eigenvalue weighted by molar-refractivity contribution is 1.29. The van der Waals surface area contributed by atoms with E-state index in [0.29, 0.717) is 0 Å². The number of nitrogens with zero attached hydrogens (tertiary/aromatic N) is 2. The molecule has 2 rings (SSSR count). The summed E-state index contributed by atoms with van der Waals surface area (Å²) in [5.41, 5.74) is 0.907. The first-order valence-corrected chi connectivity index (χ1v) is 5.81. The van der Waals surface area contributed by atoms with Crippen LogP contribution in [-0.4, -0.2) is 9.97 Å². The third-order valence-corrected chi connectivity index (χ3v) is 4.19. The van der Waals surface area contributed by atoms with Crippen LogP contribution in [0.3, 0.4) is 0 Å². The number of pyridine rings is 2. The number of halogens is 3. The summed E-state index contributed by atoms with van der Waals surface area (Å²) in [5, 5.41) is 0.990. The molecule has 2 aromatic rings. The third kappa shape index (κ3) is 1.65. The Morgan fingerprint density at radius 3 is 2.46 bits per heavy atom. The van der Waals surface area contributed by atoms with Gasteiger partial charge in [0.25, 0.3) is 0 Å². The molecule has 0 amide bonds. The first-order valence-electron chi connectivity index (χ1n) is 3.43. The molecule has 0 saturated carbocycles. The Morgan fingerprint density at radius 1 is 0.923 bits per heavy atom. The van der Waals surface area contributed by atoms with E-state index in [4.69, 9.17) is 0 Å². The second-order valence-corrected chi connectivity index (χ2v) is 4.94. The second-order valence-electron chi connectivity index (χ2n) is 2.44. The van der Waals surface area contributed by atoms with Gasteiger partial charge in [0.15, 0.2) is 0 Å². The highest BCUT2D eigenvalue weighted by molar-refractivity contribution is 9.13. The van der Waals surface area contributed by atoms with Crippen molar-refractivity contribution in [2.45, 2.75) is 0 Å². The highest BCUT2D eigenvalue weighted by atomic mass is 79.9. The molecule has 2 heterocycles. The first kappa shape index (κ1) is 9.55. The molecular formula is C8H3Br3N2. The molecule has 0 fully saturated rings. The van der Waals surface area contributed by atoms with Crippen LogP contribution in [0.5, 0.6) is 0 Å². The molecule has 0 radical (unpaired) electrons. The molecule has 13 heavy (non-hydrogen) atoms.